The average Bonchev–Trinajstić information content (AvgIpc) is 2.00. The van der Waals surface area contributed by atoms with Crippen molar-refractivity contribution in [3.05, 3.63) is 30.3 Å². The van der Waals surface area contributed by atoms with Gasteiger partial charge < -0.3 is 0 Å². The normalized spacial score (nSPS) is 14.7. The molecule has 3 heteroatoms. The fourth-order valence-corrected chi connectivity index (χ4v) is 6.98. The molecule has 15 heavy (non-hydrogen) atoms. The Bertz CT molecular complexity index is 313. The number of halogens is 1. The molecular formula is C12H20BrOP. The molecule has 0 amide bonds. The Kier molecular flexibility index (Phi) is 3.84. The third-order valence-corrected chi connectivity index (χ3v) is 5.83. The zero-order valence-corrected chi connectivity index (χ0v) is 12.4. The van der Waals surface area contributed by atoms with E-state index < -0.39 is 5.53 Å². The summed E-state index contributed by atoms with van der Waals surface area (Å²) in [7, 11) is 0. The Morgan fingerprint density at radius 2 is 1.73 bits per heavy atom. The Balaban J connectivity index is 2.79. The molecule has 0 atom stereocenters. The van der Waals surface area contributed by atoms with Crippen molar-refractivity contribution >= 4 is 21.0 Å². The van der Waals surface area contributed by atoms with E-state index in [2.05, 4.69) is 42.7 Å². The summed E-state index contributed by atoms with van der Waals surface area (Å²) in [6, 6.07) is 10.0. The number of rotatable bonds is 4. The number of benzene rings is 1. The van der Waals surface area contributed by atoms with Gasteiger partial charge in [0.2, 0.25) is 0 Å². The second-order valence-corrected chi connectivity index (χ2v) is 16.5. The van der Waals surface area contributed by atoms with Crippen LogP contribution >= 0.6 is 21.0 Å². The summed E-state index contributed by atoms with van der Waals surface area (Å²) in [5.74, 6) is 1.60. The zero-order valence-electron chi connectivity index (χ0n) is 9.90. The van der Waals surface area contributed by atoms with E-state index in [4.69, 9.17) is 4.52 Å². The Labute approximate surface area is 101 Å². The van der Waals surface area contributed by atoms with Crippen molar-refractivity contribution in [2.24, 2.45) is 5.92 Å². The molecule has 1 nitrogen and oxygen atoms in total. The molecule has 0 aliphatic heterocycles. The number of hydrogen-bond acceptors (Lipinski definition) is 1. The summed E-state index contributed by atoms with van der Waals surface area (Å²) >= 11 is 3.83. The summed E-state index contributed by atoms with van der Waals surface area (Å²) in [5, 5.41) is 0. The van der Waals surface area contributed by atoms with Crippen LogP contribution < -0.4 is 4.52 Å². The first kappa shape index (κ1) is 13.0. The van der Waals surface area contributed by atoms with Crippen molar-refractivity contribution in [3.8, 4) is 5.75 Å². The molecule has 0 fully saturated rings. The molecule has 0 aromatic heterocycles. The molecule has 0 aliphatic rings. The minimum absolute atomic E-state index is 0.640. The van der Waals surface area contributed by atoms with Crippen LogP contribution in [0.1, 0.15) is 13.8 Å². The van der Waals surface area contributed by atoms with Gasteiger partial charge in [-0.1, -0.05) is 0 Å². The predicted molar refractivity (Wildman–Crippen MR) is 74.5 cm³/mol. The van der Waals surface area contributed by atoms with Crippen molar-refractivity contribution < 1.29 is 4.52 Å². The summed E-state index contributed by atoms with van der Waals surface area (Å²) < 4.78 is 6.15. The monoisotopic (exact) mass is 290 g/mol. The summed E-state index contributed by atoms with van der Waals surface area (Å²) in [5.41, 5.74) is -2.16. The van der Waals surface area contributed by atoms with Gasteiger partial charge in [0.25, 0.3) is 0 Å². The maximum atomic E-state index is 6.15. The summed E-state index contributed by atoms with van der Waals surface area (Å²) in [4.78, 5) is 0. The molecule has 0 N–H and O–H groups in total. The van der Waals surface area contributed by atoms with E-state index in [1.165, 1.54) is 0 Å². The second kappa shape index (κ2) is 4.43. The van der Waals surface area contributed by atoms with E-state index in [9.17, 15) is 0 Å². The van der Waals surface area contributed by atoms with E-state index in [0.717, 1.165) is 11.9 Å². The Morgan fingerprint density at radius 1 is 1.20 bits per heavy atom. The van der Waals surface area contributed by atoms with Crippen LogP contribution in [0.25, 0.3) is 0 Å². The van der Waals surface area contributed by atoms with E-state index in [0.29, 0.717) is 5.92 Å². The average molecular weight is 291 g/mol. The van der Waals surface area contributed by atoms with Crippen molar-refractivity contribution in [3.63, 3.8) is 0 Å². The molecule has 86 valence electrons. The minimum atomic E-state index is -2.16. The molecular weight excluding hydrogens is 271 g/mol. The van der Waals surface area contributed by atoms with Gasteiger partial charge in [0.1, 0.15) is 0 Å². The van der Waals surface area contributed by atoms with Gasteiger partial charge in [0, 0.05) is 0 Å². The molecule has 1 aromatic carbocycles. The molecule has 0 spiro atoms. The first-order chi connectivity index (χ1) is 6.76. The molecule has 0 saturated carbocycles. The van der Waals surface area contributed by atoms with Crippen molar-refractivity contribution in [2.75, 3.05) is 19.5 Å². The third-order valence-electron chi connectivity index (χ3n) is 2.00. The molecule has 0 radical (unpaired) electrons. The molecule has 0 bridgehead atoms. The first-order valence-electron chi connectivity index (χ1n) is 5.24. The van der Waals surface area contributed by atoms with Gasteiger partial charge in [0.05, 0.1) is 0 Å². The molecule has 1 rings (SSSR count). The molecule has 0 aliphatic carbocycles. The van der Waals surface area contributed by atoms with Gasteiger partial charge >= 0.3 is 101 Å². The zero-order chi connectivity index (χ0) is 11.6. The SMILES string of the molecule is CC(C)CP(C)(C)(Br)Oc1ccccc1. The van der Waals surface area contributed by atoms with E-state index in [1.807, 2.05) is 30.3 Å². The van der Waals surface area contributed by atoms with Gasteiger partial charge in [0.15, 0.2) is 0 Å². The van der Waals surface area contributed by atoms with Gasteiger partial charge in [-0.15, -0.1) is 0 Å². The van der Waals surface area contributed by atoms with Crippen molar-refractivity contribution in [1.29, 1.82) is 0 Å². The third kappa shape index (κ3) is 4.99. The van der Waals surface area contributed by atoms with Gasteiger partial charge in [-0.25, -0.2) is 0 Å². The Hall–Kier alpha value is -0.0700. The molecule has 1 aromatic rings. The van der Waals surface area contributed by atoms with Crippen LogP contribution in [0.15, 0.2) is 30.3 Å². The van der Waals surface area contributed by atoms with E-state index >= 15 is 0 Å². The fourth-order valence-electron chi connectivity index (χ4n) is 1.86. The number of para-hydroxylation sites is 1. The standard InChI is InChI=1S/C12H20BrOP/c1-11(2)10-15(3,4,13)14-12-8-6-5-7-9-12/h5-9,11H,10H2,1-4H3. The second-order valence-electron chi connectivity index (χ2n) is 5.08. The molecule has 0 unspecified atom stereocenters. The van der Waals surface area contributed by atoms with Crippen LogP contribution in [-0.4, -0.2) is 19.5 Å². The van der Waals surface area contributed by atoms with Crippen LogP contribution in [0.4, 0.5) is 0 Å². The van der Waals surface area contributed by atoms with E-state index in [1.54, 1.807) is 0 Å². The van der Waals surface area contributed by atoms with Crippen LogP contribution in [-0.2, 0) is 0 Å². The van der Waals surface area contributed by atoms with Gasteiger partial charge in [-0.05, 0) is 0 Å². The van der Waals surface area contributed by atoms with Crippen LogP contribution in [0, 0.1) is 5.92 Å². The first-order valence-corrected chi connectivity index (χ1v) is 10.5. The molecule has 0 heterocycles. The van der Waals surface area contributed by atoms with Gasteiger partial charge in [-0.3, -0.25) is 0 Å². The molecule has 0 saturated heterocycles. The van der Waals surface area contributed by atoms with Gasteiger partial charge in [-0.2, -0.15) is 0 Å². The quantitative estimate of drug-likeness (QED) is 0.727. The topological polar surface area (TPSA) is 9.23 Å². The van der Waals surface area contributed by atoms with E-state index in [-0.39, 0.29) is 0 Å². The summed E-state index contributed by atoms with van der Waals surface area (Å²) in [6.45, 7) is 8.87. The van der Waals surface area contributed by atoms with Crippen molar-refractivity contribution in [1.82, 2.24) is 0 Å². The van der Waals surface area contributed by atoms with Crippen molar-refractivity contribution in [2.45, 2.75) is 13.8 Å². The number of hydrogen-bond donors (Lipinski definition) is 0. The van der Waals surface area contributed by atoms with Crippen LogP contribution in [0.3, 0.4) is 0 Å². The fraction of sp³-hybridized carbons (Fsp3) is 0.500. The van der Waals surface area contributed by atoms with Crippen LogP contribution in [0.2, 0.25) is 0 Å². The maximum absolute atomic E-state index is 6.15. The van der Waals surface area contributed by atoms with Crippen LogP contribution in [0.5, 0.6) is 5.75 Å². The summed E-state index contributed by atoms with van der Waals surface area (Å²) in [6.07, 6.45) is 1.08. The Morgan fingerprint density at radius 3 is 2.20 bits per heavy atom. The predicted octanol–water partition coefficient (Wildman–Crippen LogP) is 4.76.